The maximum atomic E-state index is 9.34. The van der Waals surface area contributed by atoms with Crippen LogP contribution in [-0.2, 0) is 0 Å². The number of fused-ring (bicyclic) bond motifs is 2. The van der Waals surface area contributed by atoms with E-state index in [0.717, 1.165) is 27.1 Å². The van der Waals surface area contributed by atoms with Gasteiger partial charge in [-0.3, -0.25) is 0 Å². The smallest absolute Gasteiger partial charge is 0.116 e. The summed E-state index contributed by atoms with van der Waals surface area (Å²) in [6, 6.07) is 16.0. The second kappa shape index (κ2) is 7.25. The molecule has 0 unspecified atom stereocenters. The minimum absolute atomic E-state index is 0.200. The maximum Gasteiger partial charge on any atom is 0.116 e. The Kier molecular flexibility index (Phi) is 5.02. The molecule has 4 aromatic rings. The van der Waals surface area contributed by atoms with Gasteiger partial charge in [-0.25, -0.2) is 0 Å². The molecular formula is C22H21ClN2O2. The van der Waals surface area contributed by atoms with E-state index >= 15 is 0 Å². The maximum absolute atomic E-state index is 9.34. The molecule has 5 heteroatoms. The number of aromatic hydroxyl groups is 2. The fourth-order valence-corrected chi connectivity index (χ4v) is 3.35. The Balaban J connectivity index is 0.000000156. The number of aryl methyl sites for hydroxylation is 2. The summed E-state index contributed by atoms with van der Waals surface area (Å²) in [6.07, 6.45) is 0. The lowest BCUT2D eigenvalue weighted by molar-refractivity contribution is 0.475. The Morgan fingerprint density at radius 1 is 0.667 bits per heavy atom. The van der Waals surface area contributed by atoms with Crippen molar-refractivity contribution in [1.29, 1.82) is 0 Å². The third-order valence-electron chi connectivity index (χ3n) is 4.57. The van der Waals surface area contributed by atoms with Crippen LogP contribution < -0.4 is 11.5 Å². The van der Waals surface area contributed by atoms with E-state index in [1.54, 1.807) is 24.3 Å². The molecular weight excluding hydrogens is 360 g/mol. The van der Waals surface area contributed by atoms with Gasteiger partial charge in [-0.05, 0) is 72.1 Å². The predicted octanol–water partition coefficient (Wildman–Crippen LogP) is 5.53. The molecule has 0 aliphatic rings. The minimum atomic E-state index is 0.200. The normalized spacial score (nSPS) is 10.6. The summed E-state index contributed by atoms with van der Waals surface area (Å²) in [5.41, 5.74) is 15.0. The molecule has 0 bridgehead atoms. The van der Waals surface area contributed by atoms with Crippen molar-refractivity contribution in [3.05, 3.63) is 70.7 Å². The molecule has 0 heterocycles. The zero-order valence-electron chi connectivity index (χ0n) is 15.1. The van der Waals surface area contributed by atoms with Crippen LogP contribution in [0.15, 0.2) is 54.6 Å². The van der Waals surface area contributed by atoms with E-state index in [-0.39, 0.29) is 11.5 Å². The molecule has 0 amide bonds. The predicted molar refractivity (Wildman–Crippen MR) is 115 cm³/mol. The van der Waals surface area contributed by atoms with Crippen LogP contribution in [0.5, 0.6) is 11.5 Å². The van der Waals surface area contributed by atoms with Gasteiger partial charge in [0.05, 0.1) is 10.7 Å². The monoisotopic (exact) mass is 380 g/mol. The highest BCUT2D eigenvalue weighted by atomic mass is 35.5. The van der Waals surface area contributed by atoms with Crippen molar-refractivity contribution in [3.63, 3.8) is 0 Å². The molecule has 0 spiro atoms. The second-order valence-corrected chi connectivity index (χ2v) is 6.93. The van der Waals surface area contributed by atoms with Gasteiger partial charge in [0.25, 0.3) is 0 Å². The van der Waals surface area contributed by atoms with Crippen molar-refractivity contribution >= 4 is 44.5 Å². The van der Waals surface area contributed by atoms with Crippen molar-refractivity contribution in [1.82, 2.24) is 0 Å². The second-order valence-electron chi connectivity index (χ2n) is 6.52. The zero-order valence-corrected chi connectivity index (χ0v) is 15.9. The van der Waals surface area contributed by atoms with Gasteiger partial charge in [-0.15, -0.1) is 0 Å². The molecule has 138 valence electrons. The summed E-state index contributed by atoms with van der Waals surface area (Å²) in [7, 11) is 0. The van der Waals surface area contributed by atoms with Gasteiger partial charge in [-0.1, -0.05) is 29.8 Å². The number of nitrogen functional groups attached to an aromatic ring is 2. The number of benzene rings is 4. The van der Waals surface area contributed by atoms with Crippen molar-refractivity contribution < 1.29 is 10.2 Å². The zero-order chi connectivity index (χ0) is 19.7. The van der Waals surface area contributed by atoms with Crippen molar-refractivity contribution in [2.45, 2.75) is 13.8 Å². The summed E-state index contributed by atoms with van der Waals surface area (Å²) in [6.45, 7) is 3.99. The van der Waals surface area contributed by atoms with E-state index in [0.29, 0.717) is 16.4 Å². The van der Waals surface area contributed by atoms with E-state index in [1.165, 1.54) is 5.56 Å². The Bertz CT molecular complexity index is 1160. The molecule has 0 atom stereocenters. The van der Waals surface area contributed by atoms with Crippen molar-refractivity contribution in [2.75, 3.05) is 11.5 Å². The van der Waals surface area contributed by atoms with E-state index in [1.807, 2.05) is 44.2 Å². The SMILES string of the molecule is Cc1cc(Cl)c(N)c2cc(O)ccc12.Cc1ccc(N)c2cc(O)ccc12. The van der Waals surface area contributed by atoms with Gasteiger partial charge in [0.15, 0.2) is 0 Å². The van der Waals surface area contributed by atoms with Crippen LogP contribution in [0.2, 0.25) is 5.02 Å². The standard InChI is InChI=1S/C11H10ClNO.C11H11NO/c1-6-4-10(12)11(13)9-5-7(14)2-3-8(6)9;1-7-2-5-11(12)10-6-8(13)3-4-9(7)10/h2-5,14H,13H2,1H3;2-6,13H,12H2,1H3. The lowest BCUT2D eigenvalue weighted by Gasteiger charge is -2.07. The van der Waals surface area contributed by atoms with E-state index in [4.69, 9.17) is 23.1 Å². The molecule has 4 nitrogen and oxygen atoms in total. The van der Waals surface area contributed by atoms with Gasteiger partial charge < -0.3 is 21.7 Å². The summed E-state index contributed by atoms with van der Waals surface area (Å²) in [5.74, 6) is 0.454. The van der Waals surface area contributed by atoms with Crippen molar-refractivity contribution in [2.24, 2.45) is 0 Å². The van der Waals surface area contributed by atoms with Gasteiger partial charge in [0.2, 0.25) is 0 Å². The highest BCUT2D eigenvalue weighted by Crippen LogP contribution is 2.33. The molecule has 0 aliphatic heterocycles. The molecule has 0 radical (unpaired) electrons. The molecule has 27 heavy (non-hydrogen) atoms. The van der Waals surface area contributed by atoms with Gasteiger partial charge in [-0.2, -0.15) is 0 Å². The van der Waals surface area contributed by atoms with Crippen LogP contribution in [0, 0.1) is 13.8 Å². The van der Waals surface area contributed by atoms with Crippen LogP contribution >= 0.6 is 11.6 Å². The Labute approximate surface area is 162 Å². The number of anilines is 2. The fourth-order valence-electron chi connectivity index (χ4n) is 3.08. The summed E-state index contributed by atoms with van der Waals surface area (Å²) in [4.78, 5) is 0. The Morgan fingerprint density at radius 3 is 1.85 bits per heavy atom. The Hall–Kier alpha value is -3.11. The van der Waals surface area contributed by atoms with E-state index in [9.17, 15) is 10.2 Å². The van der Waals surface area contributed by atoms with Crippen LogP contribution in [0.4, 0.5) is 11.4 Å². The highest BCUT2D eigenvalue weighted by Gasteiger charge is 2.06. The van der Waals surface area contributed by atoms with Crippen molar-refractivity contribution in [3.8, 4) is 11.5 Å². The van der Waals surface area contributed by atoms with Gasteiger partial charge in [0.1, 0.15) is 11.5 Å². The minimum Gasteiger partial charge on any atom is -0.508 e. The third-order valence-corrected chi connectivity index (χ3v) is 4.88. The number of hydrogen-bond donors (Lipinski definition) is 4. The van der Waals surface area contributed by atoms with Gasteiger partial charge in [0, 0.05) is 16.5 Å². The third kappa shape index (κ3) is 3.71. The summed E-state index contributed by atoms with van der Waals surface area (Å²) in [5, 5.41) is 23.0. The molecule has 0 saturated heterocycles. The fraction of sp³-hybridized carbons (Fsp3) is 0.0909. The average molecular weight is 381 g/mol. The number of phenols is 2. The first-order chi connectivity index (χ1) is 12.8. The number of nitrogens with two attached hydrogens (primary N) is 2. The molecule has 0 fully saturated rings. The largest absolute Gasteiger partial charge is 0.508 e. The average Bonchev–Trinajstić information content (AvgIpc) is 2.63. The Morgan fingerprint density at radius 2 is 1.22 bits per heavy atom. The highest BCUT2D eigenvalue weighted by molar-refractivity contribution is 6.34. The first-order valence-corrected chi connectivity index (χ1v) is 8.81. The van der Waals surface area contributed by atoms with E-state index in [2.05, 4.69) is 0 Å². The number of halogens is 1. The molecule has 0 aromatic heterocycles. The van der Waals surface area contributed by atoms with Crippen LogP contribution in [-0.4, -0.2) is 10.2 Å². The molecule has 4 rings (SSSR count). The quantitative estimate of drug-likeness (QED) is 0.302. The summed E-state index contributed by atoms with van der Waals surface area (Å²) < 4.78 is 0. The lowest BCUT2D eigenvalue weighted by Crippen LogP contribution is -1.90. The first kappa shape index (κ1) is 18.7. The van der Waals surface area contributed by atoms with Gasteiger partial charge >= 0.3 is 0 Å². The molecule has 4 aromatic carbocycles. The molecule has 0 aliphatic carbocycles. The van der Waals surface area contributed by atoms with Crippen LogP contribution in [0.1, 0.15) is 11.1 Å². The first-order valence-electron chi connectivity index (χ1n) is 8.43. The van der Waals surface area contributed by atoms with Crippen LogP contribution in [0.25, 0.3) is 21.5 Å². The number of phenolic OH excluding ortho intramolecular Hbond substituents is 2. The van der Waals surface area contributed by atoms with E-state index < -0.39 is 0 Å². The molecule has 0 saturated carbocycles. The topological polar surface area (TPSA) is 92.5 Å². The molecule has 6 N–H and O–H groups in total. The number of rotatable bonds is 0. The van der Waals surface area contributed by atoms with Crippen LogP contribution in [0.3, 0.4) is 0 Å². The lowest BCUT2D eigenvalue weighted by atomic mass is 10.0. The number of hydrogen-bond acceptors (Lipinski definition) is 4. The summed E-state index contributed by atoms with van der Waals surface area (Å²) >= 11 is 5.94.